The lowest BCUT2D eigenvalue weighted by Gasteiger charge is -2.22. The van der Waals surface area contributed by atoms with Gasteiger partial charge in [0.05, 0.1) is 0 Å². The van der Waals surface area contributed by atoms with Crippen molar-refractivity contribution in [2.75, 3.05) is 6.61 Å². The summed E-state index contributed by atoms with van der Waals surface area (Å²) in [6.07, 6.45) is 0. The molecule has 1 aliphatic rings. The molecule has 0 N–H and O–H groups in total. The van der Waals surface area contributed by atoms with E-state index in [1.807, 2.05) is 6.07 Å². The molecule has 0 aliphatic carbocycles. The first-order chi connectivity index (χ1) is 17.9. The van der Waals surface area contributed by atoms with E-state index in [0.29, 0.717) is 6.61 Å². The molecule has 2 nitrogen and oxygen atoms in total. The smallest absolute Gasteiger partial charge is 0.216 e. The molecule has 0 saturated carbocycles. The number of rotatable bonds is 6. The SMILES string of the molecule is c1ccc([C@H]2COC(c3ccc(-c4ccccc4P(c4ccccc4)c4ccccc4)cc3)=N2)cc1. The van der Waals surface area contributed by atoms with Crippen LogP contribution in [0.25, 0.3) is 11.1 Å². The highest BCUT2D eigenvalue weighted by atomic mass is 31.1. The summed E-state index contributed by atoms with van der Waals surface area (Å²) in [6, 6.07) is 49.6. The van der Waals surface area contributed by atoms with Gasteiger partial charge in [0.15, 0.2) is 0 Å². The minimum atomic E-state index is -0.687. The Bertz CT molecular complexity index is 1430. The first kappa shape index (κ1) is 22.5. The minimum absolute atomic E-state index is 0.0573. The quantitative estimate of drug-likeness (QED) is 0.249. The molecule has 0 radical (unpaired) electrons. The number of ether oxygens (including phenoxy) is 1. The third kappa shape index (κ3) is 4.61. The number of benzene rings is 5. The maximum absolute atomic E-state index is 5.98. The van der Waals surface area contributed by atoms with Crippen LogP contribution in [0, 0.1) is 0 Å². The van der Waals surface area contributed by atoms with Gasteiger partial charge >= 0.3 is 0 Å². The standard InChI is InChI=1S/C33H26NOP/c1-4-12-26(13-5-1)31-24-35-33(34-31)27-22-20-25(21-23-27)30-18-10-11-19-32(30)36(28-14-6-2-7-15-28)29-16-8-3-9-17-29/h1-23,31H,24H2/t31-/m1/s1. The molecule has 0 bridgehead atoms. The molecule has 0 amide bonds. The van der Waals surface area contributed by atoms with Crippen molar-refractivity contribution in [3.05, 3.63) is 151 Å². The van der Waals surface area contributed by atoms with Crippen molar-refractivity contribution >= 4 is 29.7 Å². The molecule has 0 unspecified atom stereocenters. The molecule has 5 aromatic carbocycles. The second kappa shape index (κ2) is 10.3. The van der Waals surface area contributed by atoms with Crippen molar-refractivity contribution in [1.29, 1.82) is 0 Å². The van der Waals surface area contributed by atoms with E-state index < -0.39 is 7.92 Å². The molecular formula is C33H26NOP. The van der Waals surface area contributed by atoms with Crippen molar-refractivity contribution in [3.8, 4) is 11.1 Å². The lowest BCUT2D eigenvalue weighted by atomic mass is 10.0. The summed E-state index contributed by atoms with van der Waals surface area (Å²) in [4.78, 5) is 4.85. The normalized spacial score (nSPS) is 14.9. The van der Waals surface area contributed by atoms with Crippen molar-refractivity contribution in [2.24, 2.45) is 4.99 Å². The fourth-order valence-corrected chi connectivity index (χ4v) is 7.14. The lowest BCUT2D eigenvalue weighted by Crippen LogP contribution is -2.22. The highest BCUT2D eigenvalue weighted by Gasteiger charge is 2.23. The van der Waals surface area contributed by atoms with Crippen LogP contribution in [0.1, 0.15) is 17.2 Å². The van der Waals surface area contributed by atoms with Crippen LogP contribution >= 0.6 is 7.92 Å². The van der Waals surface area contributed by atoms with Crippen molar-refractivity contribution in [3.63, 3.8) is 0 Å². The number of hydrogen-bond acceptors (Lipinski definition) is 2. The van der Waals surface area contributed by atoms with Crippen molar-refractivity contribution < 1.29 is 4.74 Å². The van der Waals surface area contributed by atoms with E-state index in [1.54, 1.807) is 0 Å². The average molecular weight is 484 g/mol. The predicted molar refractivity (Wildman–Crippen MR) is 152 cm³/mol. The molecular weight excluding hydrogens is 457 g/mol. The highest BCUT2D eigenvalue weighted by Crippen LogP contribution is 2.37. The minimum Gasteiger partial charge on any atom is -0.475 e. The highest BCUT2D eigenvalue weighted by molar-refractivity contribution is 7.80. The van der Waals surface area contributed by atoms with E-state index in [2.05, 4.69) is 133 Å². The van der Waals surface area contributed by atoms with Gasteiger partial charge in [-0.3, -0.25) is 0 Å². The fourth-order valence-electron chi connectivity index (χ4n) is 4.66. The average Bonchev–Trinajstić information content (AvgIpc) is 3.46. The van der Waals surface area contributed by atoms with Crippen LogP contribution in [0.15, 0.2) is 145 Å². The van der Waals surface area contributed by atoms with Crippen molar-refractivity contribution in [1.82, 2.24) is 0 Å². The van der Waals surface area contributed by atoms with Gasteiger partial charge in [0, 0.05) is 5.56 Å². The Hall–Kier alpha value is -4.00. The van der Waals surface area contributed by atoms with E-state index >= 15 is 0 Å². The number of hydrogen-bond donors (Lipinski definition) is 0. The fraction of sp³-hybridized carbons (Fsp3) is 0.0606. The van der Waals surface area contributed by atoms with Gasteiger partial charge in [0.25, 0.3) is 0 Å². The Balaban J connectivity index is 1.35. The van der Waals surface area contributed by atoms with E-state index in [1.165, 1.54) is 32.6 Å². The van der Waals surface area contributed by atoms with Gasteiger partial charge in [-0.15, -0.1) is 0 Å². The Morgan fingerprint density at radius 2 is 1.08 bits per heavy atom. The molecule has 0 fully saturated rings. The summed E-state index contributed by atoms with van der Waals surface area (Å²) >= 11 is 0. The molecule has 1 atom stereocenters. The second-order valence-corrected chi connectivity index (χ2v) is 11.0. The lowest BCUT2D eigenvalue weighted by molar-refractivity contribution is 0.320. The van der Waals surface area contributed by atoms with Crippen LogP contribution in [0.5, 0.6) is 0 Å². The Morgan fingerprint density at radius 1 is 0.556 bits per heavy atom. The summed E-state index contributed by atoms with van der Waals surface area (Å²) in [5, 5.41) is 4.06. The molecule has 0 saturated heterocycles. The van der Waals surface area contributed by atoms with Gasteiger partial charge in [0.1, 0.15) is 12.6 Å². The molecule has 1 heterocycles. The summed E-state index contributed by atoms with van der Waals surface area (Å²) in [6.45, 7) is 0.586. The Kier molecular flexibility index (Phi) is 6.44. The predicted octanol–water partition coefficient (Wildman–Crippen LogP) is 6.63. The summed E-state index contributed by atoms with van der Waals surface area (Å²) in [5.41, 5.74) is 4.67. The maximum atomic E-state index is 5.98. The third-order valence-electron chi connectivity index (χ3n) is 6.45. The van der Waals surface area contributed by atoms with Crippen LogP contribution in [-0.4, -0.2) is 12.5 Å². The van der Waals surface area contributed by atoms with E-state index in [9.17, 15) is 0 Å². The summed E-state index contributed by atoms with van der Waals surface area (Å²) in [7, 11) is -0.687. The van der Waals surface area contributed by atoms with Gasteiger partial charge in [-0.25, -0.2) is 4.99 Å². The number of nitrogens with zero attached hydrogens (tertiary/aromatic N) is 1. The van der Waals surface area contributed by atoms with Gasteiger partial charge in [-0.05, 0) is 52.7 Å². The van der Waals surface area contributed by atoms with Crippen LogP contribution < -0.4 is 15.9 Å². The van der Waals surface area contributed by atoms with E-state index in [-0.39, 0.29) is 6.04 Å². The van der Waals surface area contributed by atoms with Gasteiger partial charge < -0.3 is 4.74 Å². The molecule has 36 heavy (non-hydrogen) atoms. The van der Waals surface area contributed by atoms with Gasteiger partial charge in [0.2, 0.25) is 5.90 Å². The zero-order valence-corrected chi connectivity index (χ0v) is 20.8. The van der Waals surface area contributed by atoms with E-state index in [4.69, 9.17) is 9.73 Å². The maximum Gasteiger partial charge on any atom is 0.216 e. The summed E-state index contributed by atoms with van der Waals surface area (Å²) < 4.78 is 5.98. The molecule has 5 aromatic rings. The molecule has 6 rings (SSSR count). The molecule has 0 aromatic heterocycles. The van der Waals surface area contributed by atoms with Gasteiger partial charge in [-0.1, -0.05) is 127 Å². The zero-order chi connectivity index (χ0) is 24.2. The molecule has 174 valence electrons. The second-order valence-electron chi connectivity index (χ2n) is 8.77. The monoisotopic (exact) mass is 483 g/mol. The van der Waals surface area contributed by atoms with Crippen LogP contribution in [0.3, 0.4) is 0 Å². The van der Waals surface area contributed by atoms with Crippen LogP contribution in [0.4, 0.5) is 0 Å². The van der Waals surface area contributed by atoms with Crippen LogP contribution in [0.2, 0.25) is 0 Å². The molecule has 1 aliphatic heterocycles. The van der Waals surface area contributed by atoms with Crippen LogP contribution in [-0.2, 0) is 4.74 Å². The van der Waals surface area contributed by atoms with E-state index in [0.717, 1.165) is 11.5 Å². The Morgan fingerprint density at radius 3 is 1.72 bits per heavy atom. The first-order valence-corrected chi connectivity index (χ1v) is 13.6. The third-order valence-corrected chi connectivity index (χ3v) is 8.95. The molecule has 0 spiro atoms. The molecule has 3 heteroatoms. The number of aliphatic imine (C=N–C) groups is 1. The largest absolute Gasteiger partial charge is 0.475 e. The topological polar surface area (TPSA) is 21.6 Å². The Labute approximate surface area is 213 Å². The van der Waals surface area contributed by atoms with Crippen molar-refractivity contribution in [2.45, 2.75) is 6.04 Å². The van der Waals surface area contributed by atoms with Gasteiger partial charge in [-0.2, -0.15) is 0 Å². The first-order valence-electron chi connectivity index (χ1n) is 12.2. The summed E-state index contributed by atoms with van der Waals surface area (Å²) in [5.74, 6) is 0.722. The zero-order valence-electron chi connectivity index (χ0n) is 19.9.